The molecule has 2 N–H and O–H groups in total. The maximum Gasteiger partial charge on any atom is 0.128 e. The Kier molecular flexibility index (Phi) is 4.54. The fourth-order valence-electron chi connectivity index (χ4n) is 1.78. The molecule has 0 saturated heterocycles. The number of nitrogens with two attached hydrogens (primary N) is 1. The van der Waals surface area contributed by atoms with Gasteiger partial charge >= 0.3 is 0 Å². The van der Waals surface area contributed by atoms with Crippen LogP contribution in [-0.2, 0) is 6.42 Å². The van der Waals surface area contributed by atoms with E-state index < -0.39 is 0 Å². The molecule has 1 atom stereocenters. The van der Waals surface area contributed by atoms with Crippen molar-refractivity contribution in [2.24, 2.45) is 5.73 Å². The zero-order valence-corrected chi connectivity index (χ0v) is 12.7. The smallest absolute Gasteiger partial charge is 0.128 e. The van der Waals surface area contributed by atoms with Crippen LogP contribution in [0.4, 0.5) is 4.39 Å². The number of rotatable bonds is 3. The Bertz CT molecular complexity index is 540. The molecule has 0 fully saturated rings. The minimum atomic E-state index is -0.344. The lowest BCUT2D eigenvalue weighted by atomic mass is 9.99. The van der Waals surface area contributed by atoms with E-state index in [2.05, 4.69) is 31.9 Å². The van der Waals surface area contributed by atoms with Crippen LogP contribution in [0.2, 0.25) is 0 Å². The topological polar surface area (TPSA) is 26.0 Å². The first-order valence-electron chi connectivity index (χ1n) is 5.51. The molecule has 0 aromatic heterocycles. The van der Waals surface area contributed by atoms with Crippen LogP contribution in [0.25, 0.3) is 0 Å². The van der Waals surface area contributed by atoms with E-state index in [0.29, 0.717) is 12.0 Å². The van der Waals surface area contributed by atoms with Crippen molar-refractivity contribution < 1.29 is 4.39 Å². The molecule has 0 heterocycles. The van der Waals surface area contributed by atoms with Crippen molar-refractivity contribution in [3.63, 3.8) is 0 Å². The van der Waals surface area contributed by atoms with Gasteiger partial charge in [-0.05, 0) is 42.3 Å². The van der Waals surface area contributed by atoms with Gasteiger partial charge in [0.05, 0.1) is 0 Å². The molecule has 4 heteroatoms. The van der Waals surface area contributed by atoms with Crippen LogP contribution in [0.1, 0.15) is 17.2 Å². The summed E-state index contributed by atoms with van der Waals surface area (Å²) in [5.74, 6) is -0.261. The molecule has 94 valence electrons. The predicted octanol–water partition coefficient (Wildman–Crippen LogP) is 4.59. The van der Waals surface area contributed by atoms with Crippen LogP contribution in [0, 0.1) is 5.82 Å². The molecule has 1 unspecified atom stereocenters. The molecule has 0 spiro atoms. The highest BCUT2D eigenvalue weighted by atomic mass is 79.9. The zero-order chi connectivity index (χ0) is 13.1. The van der Waals surface area contributed by atoms with Crippen molar-refractivity contribution in [1.29, 1.82) is 0 Å². The third-order valence-corrected chi connectivity index (χ3v) is 3.75. The fourth-order valence-corrected chi connectivity index (χ4v) is 2.43. The van der Waals surface area contributed by atoms with Gasteiger partial charge in [0, 0.05) is 20.6 Å². The van der Waals surface area contributed by atoms with Crippen molar-refractivity contribution in [2.45, 2.75) is 12.5 Å². The quantitative estimate of drug-likeness (QED) is 0.837. The lowest BCUT2D eigenvalue weighted by Gasteiger charge is -2.13. The van der Waals surface area contributed by atoms with Crippen molar-refractivity contribution in [2.75, 3.05) is 0 Å². The molecule has 0 aliphatic heterocycles. The summed E-state index contributed by atoms with van der Waals surface area (Å²) in [7, 11) is 0. The lowest BCUT2D eigenvalue weighted by molar-refractivity contribution is 0.580. The minimum Gasteiger partial charge on any atom is -0.324 e. The Hall–Kier alpha value is -0.710. The van der Waals surface area contributed by atoms with Crippen molar-refractivity contribution in [1.82, 2.24) is 0 Å². The molecule has 0 aliphatic carbocycles. The van der Waals surface area contributed by atoms with Gasteiger partial charge in [0.15, 0.2) is 0 Å². The maximum absolute atomic E-state index is 13.7. The van der Waals surface area contributed by atoms with Crippen LogP contribution in [-0.4, -0.2) is 0 Å². The second-order valence-electron chi connectivity index (χ2n) is 4.10. The molecular weight excluding hydrogens is 361 g/mol. The molecule has 0 bridgehead atoms. The van der Waals surface area contributed by atoms with Gasteiger partial charge in [0.2, 0.25) is 0 Å². The first-order valence-corrected chi connectivity index (χ1v) is 7.10. The van der Waals surface area contributed by atoms with E-state index in [1.165, 1.54) is 6.07 Å². The van der Waals surface area contributed by atoms with Gasteiger partial charge in [0.25, 0.3) is 0 Å². The molecule has 1 nitrogen and oxygen atoms in total. The molecule has 18 heavy (non-hydrogen) atoms. The highest BCUT2D eigenvalue weighted by molar-refractivity contribution is 9.10. The molecule has 2 rings (SSSR count). The first kappa shape index (κ1) is 13.7. The summed E-state index contributed by atoms with van der Waals surface area (Å²) >= 11 is 6.71. The van der Waals surface area contributed by atoms with Crippen LogP contribution in [0.15, 0.2) is 51.4 Å². The fraction of sp³-hybridized carbons (Fsp3) is 0.143. The van der Waals surface area contributed by atoms with Gasteiger partial charge in [-0.1, -0.05) is 44.0 Å². The van der Waals surface area contributed by atoms with E-state index in [1.807, 2.05) is 24.3 Å². The van der Waals surface area contributed by atoms with Crippen molar-refractivity contribution >= 4 is 31.9 Å². The molecular formula is C14H12Br2FN. The average molecular weight is 373 g/mol. The summed E-state index contributed by atoms with van der Waals surface area (Å²) in [6.45, 7) is 0. The summed E-state index contributed by atoms with van der Waals surface area (Å²) in [4.78, 5) is 0. The van der Waals surface area contributed by atoms with Crippen LogP contribution < -0.4 is 5.73 Å². The Balaban J connectivity index is 2.18. The predicted molar refractivity (Wildman–Crippen MR) is 78.9 cm³/mol. The summed E-state index contributed by atoms with van der Waals surface area (Å²) in [6.07, 6.45) is 0.612. The summed E-state index contributed by atoms with van der Waals surface area (Å²) in [5, 5.41) is 0. The van der Waals surface area contributed by atoms with E-state index in [0.717, 1.165) is 14.5 Å². The average Bonchev–Trinajstić information content (AvgIpc) is 2.35. The minimum absolute atomic E-state index is 0.261. The third kappa shape index (κ3) is 3.40. The molecule has 0 saturated carbocycles. The van der Waals surface area contributed by atoms with Gasteiger partial charge < -0.3 is 5.73 Å². The molecule has 2 aromatic rings. The second-order valence-corrected chi connectivity index (χ2v) is 5.93. The highest BCUT2D eigenvalue weighted by Crippen LogP contribution is 2.23. The Morgan fingerprint density at radius 2 is 1.61 bits per heavy atom. The zero-order valence-electron chi connectivity index (χ0n) is 9.54. The van der Waals surface area contributed by atoms with Gasteiger partial charge in [-0.3, -0.25) is 0 Å². The Morgan fingerprint density at radius 1 is 1.00 bits per heavy atom. The molecule has 2 aromatic carbocycles. The molecule has 0 aliphatic rings. The van der Waals surface area contributed by atoms with Gasteiger partial charge in [-0.2, -0.15) is 0 Å². The van der Waals surface area contributed by atoms with Gasteiger partial charge in [-0.15, -0.1) is 0 Å². The van der Waals surface area contributed by atoms with Crippen LogP contribution in [0.3, 0.4) is 0 Å². The highest BCUT2D eigenvalue weighted by Gasteiger charge is 2.12. The number of hydrogen-bond acceptors (Lipinski definition) is 1. The van der Waals surface area contributed by atoms with Crippen LogP contribution in [0.5, 0.6) is 0 Å². The summed E-state index contributed by atoms with van der Waals surface area (Å²) in [6, 6.07) is 12.4. The maximum atomic E-state index is 13.7. The van der Waals surface area contributed by atoms with E-state index in [-0.39, 0.29) is 11.9 Å². The molecule has 0 amide bonds. The number of benzene rings is 2. The van der Waals surface area contributed by atoms with Gasteiger partial charge in [-0.25, -0.2) is 4.39 Å². The van der Waals surface area contributed by atoms with E-state index in [1.54, 1.807) is 12.1 Å². The lowest BCUT2D eigenvalue weighted by Crippen LogP contribution is -2.15. The third-order valence-electron chi connectivity index (χ3n) is 2.73. The summed E-state index contributed by atoms with van der Waals surface area (Å²) < 4.78 is 15.5. The van der Waals surface area contributed by atoms with E-state index >= 15 is 0 Å². The number of halogens is 3. The second kappa shape index (κ2) is 5.95. The largest absolute Gasteiger partial charge is 0.324 e. The van der Waals surface area contributed by atoms with Crippen molar-refractivity contribution in [3.8, 4) is 0 Å². The Morgan fingerprint density at radius 3 is 2.28 bits per heavy atom. The molecule has 0 radical (unpaired) electrons. The SMILES string of the molecule is NC(Cc1ccc(Br)cc1)c1cc(Br)ccc1F. The summed E-state index contributed by atoms with van der Waals surface area (Å²) in [5.41, 5.74) is 7.68. The standard InChI is InChI=1S/C14H12Br2FN/c15-10-3-1-9(2-4-10)7-14(18)12-8-11(16)5-6-13(12)17/h1-6,8,14H,7,18H2. The number of hydrogen-bond donors (Lipinski definition) is 1. The van der Waals surface area contributed by atoms with Crippen LogP contribution >= 0.6 is 31.9 Å². The normalized spacial score (nSPS) is 12.4. The van der Waals surface area contributed by atoms with E-state index in [9.17, 15) is 4.39 Å². The Labute approximate surface area is 122 Å². The first-order chi connectivity index (χ1) is 8.56. The van der Waals surface area contributed by atoms with Crippen molar-refractivity contribution in [3.05, 3.63) is 68.4 Å². The monoisotopic (exact) mass is 371 g/mol. The van der Waals surface area contributed by atoms with E-state index in [4.69, 9.17) is 5.73 Å². The van der Waals surface area contributed by atoms with Gasteiger partial charge in [0.1, 0.15) is 5.82 Å².